The van der Waals surface area contributed by atoms with Crippen molar-refractivity contribution in [2.45, 2.75) is 32.6 Å². The maximum atomic E-state index is 12.3. The average Bonchev–Trinajstić information content (AvgIpc) is 3.00. The molecule has 0 saturated heterocycles. The second-order valence-electron chi connectivity index (χ2n) is 5.93. The number of amides is 2. The maximum Gasteiger partial charge on any atom is 0.267 e. The number of nitrogens with one attached hydrogen (secondary N) is 3. The van der Waals surface area contributed by atoms with Crippen LogP contribution in [0.15, 0.2) is 12.1 Å². The molecule has 0 atom stereocenters. The van der Waals surface area contributed by atoms with Crippen LogP contribution >= 0.6 is 0 Å². The van der Waals surface area contributed by atoms with Crippen molar-refractivity contribution in [2.24, 2.45) is 0 Å². The van der Waals surface area contributed by atoms with Crippen LogP contribution in [0.5, 0.6) is 5.75 Å². The first kappa shape index (κ1) is 16.4. The van der Waals surface area contributed by atoms with Gasteiger partial charge in [0.15, 0.2) is 0 Å². The van der Waals surface area contributed by atoms with Gasteiger partial charge in [-0.15, -0.1) is 0 Å². The summed E-state index contributed by atoms with van der Waals surface area (Å²) in [4.78, 5) is 27.0. The number of H-pyrrole nitrogens is 1. The summed E-state index contributed by atoms with van der Waals surface area (Å²) in [6.45, 7) is 3.06. The van der Waals surface area contributed by atoms with Crippen molar-refractivity contribution >= 4 is 22.7 Å². The van der Waals surface area contributed by atoms with Crippen LogP contribution in [0.25, 0.3) is 10.9 Å². The number of benzene rings is 1. The van der Waals surface area contributed by atoms with Gasteiger partial charge < -0.3 is 20.4 Å². The summed E-state index contributed by atoms with van der Waals surface area (Å²) < 4.78 is 5.76. The van der Waals surface area contributed by atoms with Crippen LogP contribution in [-0.4, -0.2) is 37.0 Å². The molecule has 2 aromatic rings. The van der Waals surface area contributed by atoms with Crippen LogP contribution in [0.4, 0.5) is 0 Å². The lowest BCUT2D eigenvalue weighted by Crippen LogP contribution is -2.26. The molecular weight excluding hydrogens is 306 g/mol. The molecule has 0 radical (unpaired) electrons. The van der Waals surface area contributed by atoms with Crippen LogP contribution in [0.3, 0.4) is 0 Å². The van der Waals surface area contributed by atoms with Gasteiger partial charge in [0.05, 0.1) is 6.61 Å². The lowest BCUT2D eigenvalue weighted by Gasteiger charge is -2.18. The number of rotatable bonds is 5. The molecule has 1 aromatic carbocycles. The normalized spacial score (nSPS) is 13.2. The molecule has 128 valence electrons. The van der Waals surface area contributed by atoms with Crippen molar-refractivity contribution in [2.75, 3.05) is 20.2 Å². The Morgan fingerprint density at radius 1 is 1.33 bits per heavy atom. The summed E-state index contributed by atoms with van der Waals surface area (Å²) >= 11 is 0. The van der Waals surface area contributed by atoms with Gasteiger partial charge >= 0.3 is 0 Å². The molecule has 6 heteroatoms. The Balaban J connectivity index is 2.04. The number of hydrogen-bond acceptors (Lipinski definition) is 3. The van der Waals surface area contributed by atoms with Gasteiger partial charge in [0.1, 0.15) is 11.4 Å². The van der Waals surface area contributed by atoms with E-state index in [0.29, 0.717) is 25.1 Å². The van der Waals surface area contributed by atoms with Gasteiger partial charge in [-0.1, -0.05) is 6.92 Å². The molecule has 0 spiro atoms. The quantitative estimate of drug-likeness (QED) is 0.784. The first-order chi connectivity index (χ1) is 11.7. The van der Waals surface area contributed by atoms with E-state index in [4.69, 9.17) is 4.74 Å². The Morgan fingerprint density at radius 3 is 2.92 bits per heavy atom. The van der Waals surface area contributed by atoms with Gasteiger partial charge in [0, 0.05) is 36.5 Å². The molecule has 3 rings (SSSR count). The van der Waals surface area contributed by atoms with Crippen molar-refractivity contribution in [3.05, 3.63) is 29.0 Å². The van der Waals surface area contributed by atoms with E-state index in [1.54, 1.807) is 7.05 Å². The number of aryl methyl sites for hydroxylation is 1. The second kappa shape index (κ2) is 6.95. The largest absolute Gasteiger partial charge is 0.493 e. The number of carbonyl (C=O) groups is 2. The van der Waals surface area contributed by atoms with E-state index in [9.17, 15) is 9.59 Å². The highest BCUT2D eigenvalue weighted by molar-refractivity contribution is 6.02. The first-order valence-electron chi connectivity index (χ1n) is 8.43. The maximum absolute atomic E-state index is 12.3. The lowest BCUT2D eigenvalue weighted by molar-refractivity contribution is -0.120. The summed E-state index contributed by atoms with van der Waals surface area (Å²) in [6.07, 6.45) is 2.97. The lowest BCUT2D eigenvalue weighted by atomic mass is 9.97. The predicted molar refractivity (Wildman–Crippen MR) is 92.5 cm³/mol. The summed E-state index contributed by atoms with van der Waals surface area (Å²) in [5.74, 6) is 0.769. The molecule has 1 aliphatic heterocycles. The fourth-order valence-electron chi connectivity index (χ4n) is 3.25. The summed E-state index contributed by atoms with van der Waals surface area (Å²) in [6, 6.07) is 3.92. The van der Waals surface area contributed by atoms with E-state index >= 15 is 0 Å². The first-order valence-corrected chi connectivity index (χ1v) is 8.43. The number of hydrogen-bond donors (Lipinski definition) is 3. The van der Waals surface area contributed by atoms with Crippen molar-refractivity contribution in [1.82, 2.24) is 15.6 Å². The molecule has 3 N–H and O–H groups in total. The Hall–Kier alpha value is -2.50. The fraction of sp³-hybridized carbons (Fsp3) is 0.444. The van der Waals surface area contributed by atoms with Crippen molar-refractivity contribution in [3.63, 3.8) is 0 Å². The molecule has 0 bridgehead atoms. The van der Waals surface area contributed by atoms with E-state index in [2.05, 4.69) is 15.6 Å². The Labute approximate surface area is 141 Å². The molecule has 1 aliphatic rings. The minimum Gasteiger partial charge on any atom is -0.493 e. The standard InChI is InChI=1S/C18H23N3O3/c1-3-15(22)20-9-8-12-16-11-5-4-10-24-14(11)7-6-13(16)21-17(12)18(23)19-2/h6-7,21H,3-5,8-10H2,1-2H3,(H,19,23)(H,20,22). The van der Waals surface area contributed by atoms with Crippen LogP contribution in [0.1, 0.15) is 41.4 Å². The Morgan fingerprint density at radius 2 is 2.17 bits per heavy atom. The van der Waals surface area contributed by atoms with E-state index in [1.807, 2.05) is 19.1 Å². The highest BCUT2D eigenvalue weighted by Gasteiger charge is 2.22. The monoisotopic (exact) mass is 329 g/mol. The number of aromatic nitrogens is 1. The Kier molecular flexibility index (Phi) is 4.74. The third-order valence-corrected chi connectivity index (χ3v) is 4.43. The SMILES string of the molecule is CCC(=O)NCCc1c(C(=O)NC)[nH]c2ccc3c(c12)CCCO3. The molecule has 2 amide bonds. The van der Waals surface area contributed by atoms with Crippen LogP contribution in [-0.2, 0) is 17.6 Å². The van der Waals surface area contributed by atoms with E-state index in [-0.39, 0.29) is 11.8 Å². The smallest absolute Gasteiger partial charge is 0.267 e. The zero-order chi connectivity index (χ0) is 17.1. The zero-order valence-electron chi connectivity index (χ0n) is 14.1. The molecule has 0 saturated carbocycles. The van der Waals surface area contributed by atoms with Gasteiger partial charge in [-0.25, -0.2) is 0 Å². The molecule has 2 heterocycles. The molecule has 0 fully saturated rings. The van der Waals surface area contributed by atoms with Crippen LogP contribution in [0.2, 0.25) is 0 Å². The summed E-state index contributed by atoms with van der Waals surface area (Å²) in [5, 5.41) is 6.63. The fourth-order valence-corrected chi connectivity index (χ4v) is 3.25. The predicted octanol–water partition coefficient (Wildman–Crippen LogP) is 1.92. The number of carbonyl (C=O) groups excluding carboxylic acids is 2. The van der Waals surface area contributed by atoms with Gasteiger partial charge in [0.2, 0.25) is 5.91 Å². The van der Waals surface area contributed by atoms with Gasteiger partial charge in [-0.3, -0.25) is 9.59 Å². The van der Waals surface area contributed by atoms with Crippen molar-refractivity contribution in [1.29, 1.82) is 0 Å². The molecule has 1 aromatic heterocycles. The van der Waals surface area contributed by atoms with E-state index < -0.39 is 0 Å². The molecule has 6 nitrogen and oxygen atoms in total. The highest BCUT2D eigenvalue weighted by Crippen LogP contribution is 2.35. The minimum absolute atomic E-state index is 0.0155. The van der Waals surface area contributed by atoms with E-state index in [0.717, 1.165) is 47.2 Å². The Bertz CT molecular complexity index is 779. The zero-order valence-corrected chi connectivity index (χ0v) is 14.1. The van der Waals surface area contributed by atoms with Crippen LogP contribution in [0, 0.1) is 0 Å². The number of ether oxygens (including phenoxy) is 1. The second-order valence-corrected chi connectivity index (χ2v) is 5.93. The topological polar surface area (TPSA) is 83.2 Å². The molecular formula is C18H23N3O3. The van der Waals surface area contributed by atoms with Gasteiger partial charge in [-0.05, 0) is 37.0 Å². The molecule has 0 aliphatic carbocycles. The van der Waals surface area contributed by atoms with Gasteiger partial charge in [-0.2, -0.15) is 0 Å². The average molecular weight is 329 g/mol. The summed E-state index contributed by atoms with van der Waals surface area (Å²) in [5.41, 5.74) is 3.61. The highest BCUT2D eigenvalue weighted by atomic mass is 16.5. The van der Waals surface area contributed by atoms with Crippen molar-refractivity contribution < 1.29 is 14.3 Å². The summed E-state index contributed by atoms with van der Waals surface area (Å²) in [7, 11) is 1.62. The third kappa shape index (κ3) is 2.96. The van der Waals surface area contributed by atoms with E-state index in [1.165, 1.54) is 0 Å². The molecule has 24 heavy (non-hydrogen) atoms. The molecule has 0 unspecified atom stereocenters. The van der Waals surface area contributed by atoms with Crippen LogP contribution < -0.4 is 15.4 Å². The third-order valence-electron chi connectivity index (χ3n) is 4.43. The van der Waals surface area contributed by atoms with Gasteiger partial charge in [0.25, 0.3) is 5.91 Å². The minimum atomic E-state index is -0.145. The number of aromatic amines is 1. The van der Waals surface area contributed by atoms with Crippen molar-refractivity contribution in [3.8, 4) is 5.75 Å². The number of fused-ring (bicyclic) bond motifs is 3.